The minimum atomic E-state index is -0.818. The molecule has 0 unspecified atom stereocenters. The predicted octanol–water partition coefficient (Wildman–Crippen LogP) is 1.66. The van der Waals surface area contributed by atoms with Gasteiger partial charge in [-0.2, -0.15) is 0 Å². The molecule has 0 saturated carbocycles. The molecule has 0 aromatic heterocycles. The Balaban J connectivity index is 2.42. The Bertz CT molecular complexity index is 610. The summed E-state index contributed by atoms with van der Waals surface area (Å²) in [5, 5.41) is 21.6. The number of carbonyl (C=O) groups excluding carboxylic acids is 2. The number of piperidine rings is 1. The average Bonchev–Trinajstić information content (AvgIpc) is 2.46. The van der Waals surface area contributed by atoms with E-state index < -0.39 is 27.1 Å². The first kappa shape index (κ1) is 14.6. The van der Waals surface area contributed by atoms with Gasteiger partial charge in [0.2, 0.25) is 5.91 Å². The Morgan fingerprint density at radius 3 is 2.10 bits per heavy atom. The van der Waals surface area contributed by atoms with E-state index in [1.54, 1.807) is 0 Å². The molecular formula is C12H11N3O6. The minimum absolute atomic E-state index is 0.216. The number of nitrogens with zero attached hydrogens (tertiary/aromatic N) is 3. The van der Waals surface area contributed by atoms with Crippen molar-refractivity contribution in [1.29, 1.82) is 0 Å². The monoisotopic (exact) mass is 293 g/mol. The van der Waals surface area contributed by atoms with Gasteiger partial charge in [0.05, 0.1) is 21.5 Å². The zero-order chi connectivity index (χ0) is 15.6. The normalized spacial score (nSPS) is 14.9. The van der Waals surface area contributed by atoms with Crippen LogP contribution >= 0.6 is 0 Å². The van der Waals surface area contributed by atoms with Crippen molar-refractivity contribution in [1.82, 2.24) is 4.90 Å². The van der Waals surface area contributed by atoms with Crippen LogP contribution in [0.5, 0.6) is 0 Å². The summed E-state index contributed by atoms with van der Waals surface area (Å²) in [6.07, 6.45) is 1.55. The molecule has 1 aromatic carbocycles. The Labute approximate surface area is 118 Å². The van der Waals surface area contributed by atoms with Gasteiger partial charge in [-0.25, -0.2) is 0 Å². The fraction of sp³-hybridized carbons (Fsp3) is 0.333. The number of non-ortho nitro benzene ring substituents is 2. The molecule has 0 atom stereocenters. The number of likely N-dealkylation sites (tertiary alicyclic amines) is 1. The van der Waals surface area contributed by atoms with Crippen LogP contribution in [-0.2, 0) is 4.79 Å². The summed E-state index contributed by atoms with van der Waals surface area (Å²) in [6.45, 7) is 0.216. The van der Waals surface area contributed by atoms with E-state index in [1.165, 1.54) is 0 Å². The van der Waals surface area contributed by atoms with Gasteiger partial charge in [-0.15, -0.1) is 0 Å². The van der Waals surface area contributed by atoms with Crippen LogP contribution < -0.4 is 0 Å². The summed E-state index contributed by atoms with van der Waals surface area (Å²) in [4.78, 5) is 44.8. The summed E-state index contributed by atoms with van der Waals surface area (Å²) in [5.41, 5.74) is -1.35. The van der Waals surface area contributed by atoms with Gasteiger partial charge in [-0.3, -0.25) is 34.7 Å². The molecule has 1 heterocycles. The summed E-state index contributed by atoms with van der Waals surface area (Å²) < 4.78 is 0. The predicted molar refractivity (Wildman–Crippen MR) is 69.6 cm³/mol. The number of carbonyl (C=O) groups is 2. The van der Waals surface area contributed by atoms with Crippen LogP contribution in [0.4, 0.5) is 11.4 Å². The lowest BCUT2D eigenvalue weighted by Gasteiger charge is -2.24. The van der Waals surface area contributed by atoms with Gasteiger partial charge in [-0.05, 0) is 12.8 Å². The second-order valence-corrected chi connectivity index (χ2v) is 4.56. The molecule has 0 spiro atoms. The molecule has 2 amide bonds. The second kappa shape index (κ2) is 5.65. The standard InChI is InChI=1S/C12H11N3O6/c16-11-3-1-2-4-13(11)12(17)8-5-9(14(18)19)7-10(6-8)15(20)21/h5-7H,1-4H2. The summed E-state index contributed by atoms with van der Waals surface area (Å²) in [5.74, 6) is -1.12. The molecule has 2 rings (SSSR count). The Morgan fingerprint density at radius 2 is 1.62 bits per heavy atom. The van der Waals surface area contributed by atoms with Crippen LogP contribution in [0, 0.1) is 20.2 Å². The third-order valence-electron chi connectivity index (χ3n) is 3.14. The molecule has 1 aliphatic rings. The van der Waals surface area contributed by atoms with Gasteiger partial charge in [-0.1, -0.05) is 0 Å². The Hall–Kier alpha value is -2.84. The highest BCUT2D eigenvalue weighted by Gasteiger charge is 2.28. The molecule has 0 aliphatic carbocycles. The lowest BCUT2D eigenvalue weighted by atomic mass is 10.1. The smallest absolute Gasteiger partial charge is 0.277 e. The fourth-order valence-corrected chi connectivity index (χ4v) is 2.11. The minimum Gasteiger partial charge on any atom is -0.279 e. The van der Waals surface area contributed by atoms with Crippen molar-refractivity contribution in [2.75, 3.05) is 6.54 Å². The fourth-order valence-electron chi connectivity index (χ4n) is 2.11. The van der Waals surface area contributed by atoms with E-state index in [1.807, 2.05) is 0 Å². The lowest BCUT2D eigenvalue weighted by molar-refractivity contribution is -0.394. The van der Waals surface area contributed by atoms with Crippen molar-refractivity contribution in [3.05, 3.63) is 44.0 Å². The topological polar surface area (TPSA) is 124 Å². The molecule has 110 valence electrons. The van der Waals surface area contributed by atoms with Crippen LogP contribution in [0.3, 0.4) is 0 Å². The Morgan fingerprint density at radius 1 is 1.05 bits per heavy atom. The van der Waals surface area contributed by atoms with Crippen molar-refractivity contribution in [2.45, 2.75) is 19.3 Å². The largest absolute Gasteiger partial charge is 0.279 e. The third kappa shape index (κ3) is 3.02. The van der Waals surface area contributed by atoms with Gasteiger partial charge in [0.1, 0.15) is 0 Å². The first-order chi connectivity index (χ1) is 9.90. The zero-order valence-electron chi connectivity index (χ0n) is 10.9. The van der Waals surface area contributed by atoms with Crippen LogP contribution in [0.25, 0.3) is 0 Å². The number of hydrogen-bond acceptors (Lipinski definition) is 6. The second-order valence-electron chi connectivity index (χ2n) is 4.56. The summed E-state index contributed by atoms with van der Waals surface area (Å²) in [7, 11) is 0. The van der Waals surface area contributed by atoms with E-state index in [2.05, 4.69) is 0 Å². The molecule has 1 fully saturated rings. The quantitative estimate of drug-likeness (QED) is 0.474. The number of rotatable bonds is 3. The van der Waals surface area contributed by atoms with Crippen molar-refractivity contribution in [3.63, 3.8) is 0 Å². The molecule has 1 aliphatic heterocycles. The average molecular weight is 293 g/mol. The third-order valence-corrected chi connectivity index (χ3v) is 3.14. The molecule has 0 radical (unpaired) electrons. The van der Waals surface area contributed by atoms with Crippen LogP contribution in [-0.4, -0.2) is 33.1 Å². The maximum atomic E-state index is 12.2. The van der Waals surface area contributed by atoms with Crippen LogP contribution in [0.2, 0.25) is 0 Å². The van der Waals surface area contributed by atoms with E-state index >= 15 is 0 Å². The Kier molecular flexibility index (Phi) is 3.92. The molecule has 0 bridgehead atoms. The number of hydrogen-bond donors (Lipinski definition) is 0. The van der Waals surface area contributed by atoms with Gasteiger partial charge >= 0.3 is 0 Å². The maximum absolute atomic E-state index is 12.2. The van der Waals surface area contributed by atoms with E-state index in [0.717, 1.165) is 23.1 Å². The van der Waals surface area contributed by atoms with Crippen molar-refractivity contribution < 1.29 is 19.4 Å². The van der Waals surface area contributed by atoms with Crippen molar-refractivity contribution in [2.24, 2.45) is 0 Å². The van der Waals surface area contributed by atoms with E-state index in [0.29, 0.717) is 12.8 Å². The molecule has 9 heteroatoms. The SMILES string of the molecule is O=C1CCCCN1C(=O)c1cc([N+](=O)[O-])cc([N+](=O)[O-])c1. The molecule has 1 aromatic rings. The highest BCUT2D eigenvalue weighted by atomic mass is 16.6. The van der Waals surface area contributed by atoms with Crippen molar-refractivity contribution >= 4 is 23.2 Å². The van der Waals surface area contributed by atoms with Crippen LogP contribution in [0.15, 0.2) is 18.2 Å². The van der Waals surface area contributed by atoms with E-state index in [9.17, 15) is 29.8 Å². The number of imide groups is 1. The summed E-state index contributed by atoms with van der Waals surface area (Å²) in [6, 6.07) is 2.66. The van der Waals surface area contributed by atoms with Gasteiger partial charge in [0, 0.05) is 25.1 Å². The molecule has 21 heavy (non-hydrogen) atoms. The number of nitro benzene ring substituents is 2. The summed E-state index contributed by atoms with van der Waals surface area (Å²) >= 11 is 0. The maximum Gasteiger partial charge on any atom is 0.277 e. The van der Waals surface area contributed by atoms with Crippen molar-refractivity contribution in [3.8, 4) is 0 Å². The first-order valence-electron chi connectivity index (χ1n) is 6.18. The number of amides is 2. The molecular weight excluding hydrogens is 282 g/mol. The van der Waals surface area contributed by atoms with E-state index in [-0.39, 0.29) is 24.4 Å². The molecule has 1 saturated heterocycles. The lowest BCUT2D eigenvalue weighted by Crippen LogP contribution is -2.40. The highest BCUT2D eigenvalue weighted by Crippen LogP contribution is 2.24. The number of benzene rings is 1. The molecule has 9 nitrogen and oxygen atoms in total. The van der Waals surface area contributed by atoms with Gasteiger partial charge in [0.25, 0.3) is 17.3 Å². The van der Waals surface area contributed by atoms with Gasteiger partial charge < -0.3 is 0 Å². The van der Waals surface area contributed by atoms with Gasteiger partial charge in [0.15, 0.2) is 0 Å². The number of nitro groups is 2. The van der Waals surface area contributed by atoms with E-state index in [4.69, 9.17) is 0 Å². The molecule has 0 N–H and O–H groups in total. The first-order valence-corrected chi connectivity index (χ1v) is 6.18. The highest BCUT2D eigenvalue weighted by molar-refractivity contribution is 6.05. The van der Waals surface area contributed by atoms with Crippen LogP contribution in [0.1, 0.15) is 29.6 Å². The zero-order valence-corrected chi connectivity index (χ0v) is 10.9.